The molecule has 0 atom stereocenters. The van der Waals surface area contributed by atoms with Gasteiger partial charge in [-0.15, -0.1) is 0 Å². The summed E-state index contributed by atoms with van der Waals surface area (Å²) in [7, 11) is 0. The van der Waals surface area contributed by atoms with Gasteiger partial charge < -0.3 is 5.73 Å². The Hall–Kier alpha value is -1.81. The van der Waals surface area contributed by atoms with Crippen LogP contribution in [0.5, 0.6) is 0 Å². The Bertz CT molecular complexity index is 744. The second-order valence-electron chi connectivity index (χ2n) is 4.85. The molecule has 3 aromatic rings. The molecule has 0 radical (unpaired) electrons. The van der Waals surface area contributed by atoms with Gasteiger partial charge in [0.05, 0.1) is 11.0 Å². The van der Waals surface area contributed by atoms with E-state index in [1.54, 1.807) is 0 Å². The van der Waals surface area contributed by atoms with Crippen molar-refractivity contribution in [2.75, 3.05) is 5.73 Å². The van der Waals surface area contributed by atoms with E-state index in [0.717, 1.165) is 34.0 Å². The zero-order valence-electron chi connectivity index (χ0n) is 11.3. The minimum Gasteiger partial charge on any atom is -0.369 e. The van der Waals surface area contributed by atoms with Gasteiger partial charge in [-0.05, 0) is 42.3 Å². The van der Waals surface area contributed by atoms with Crippen molar-refractivity contribution in [2.45, 2.75) is 19.8 Å². The number of aromatic nitrogens is 2. The highest BCUT2D eigenvalue weighted by Gasteiger charge is 2.10. The Balaban J connectivity index is 2.13. The van der Waals surface area contributed by atoms with Gasteiger partial charge in [0.2, 0.25) is 5.95 Å². The molecule has 2 N–H and O–H groups in total. The van der Waals surface area contributed by atoms with Gasteiger partial charge in [0.15, 0.2) is 0 Å². The topological polar surface area (TPSA) is 43.8 Å². The first kappa shape index (κ1) is 13.2. The highest BCUT2D eigenvalue weighted by atomic mass is 79.9. The molecule has 0 aliphatic rings. The predicted octanol–water partition coefficient (Wildman–Crippen LogP) is 4.32. The number of hydrogen-bond donors (Lipinski definition) is 1. The summed E-state index contributed by atoms with van der Waals surface area (Å²) in [6.45, 7) is 2.19. The number of halogens is 1. The molecule has 0 aliphatic heterocycles. The third-order valence-electron chi connectivity index (χ3n) is 3.38. The van der Waals surface area contributed by atoms with Gasteiger partial charge in [-0.25, -0.2) is 4.98 Å². The monoisotopic (exact) mass is 329 g/mol. The van der Waals surface area contributed by atoms with Gasteiger partial charge >= 0.3 is 0 Å². The van der Waals surface area contributed by atoms with E-state index in [9.17, 15) is 0 Å². The summed E-state index contributed by atoms with van der Waals surface area (Å²) in [5.41, 5.74) is 10.4. The molecule has 0 aliphatic carbocycles. The lowest BCUT2D eigenvalue weighted by atomic mass is 10.1. The number of hydrogen-bond acceptors (Lipinski definition) is 2. The molecule has 0 saturated heterocycles. The third kappa shape index (κ3) is 2.31. The number of fused-ring (bicyclic) bond motifs is 1. The van der Waals surface area contributed by atoms with Gasteiger partial charge in [0.25, 0.3) is 0 Å². The highest BCUT2D eigenvalue weighted by Crippen LogP contribution is 2.26. The standard InChI is InChI=1S/C16H16BrN3/c1-2-3-11-4-7-13(8-5-11)20-15-10-12(17)6-9-14(15)19-16(20)18/h4-10H,2-3H2,1H3,(H2,18,19). The minimum absolute atomic E-state index is 0.515. The van der Waals surface area contributed by atoms with Gasteiger partial charge in [-0.2, -0.15) is 0 Å². The number of anilines is 1. The van der Waals surface area contributed by atoms with E-state index >= 15 is 0 Å². The van der Waals surface area contributed by atoms with Crippen molar-refractivity contribution in [1.29, 1.82) is 0 Å². The normalized spacial score (nSPS) is 11.1. The molecule has 0 bridgehead atoms. The fraction of sp³-hybridized carbons (Fsp3) is 0.188. The summed E-state index contributed by atoms with van der Waals surface area (Å²) < 4.78 is 3.00. The molecule has 0 fully saturated rings. The highest BCUT2D eigenvalue weighted by molar-refractivity contribution is 9.10. The SMILES string of the molecule is CCCc1ccc(-n2c(N)nc3ccc(Br)cc32)cc1. The number of nitrogens with two attached hydrogens (primary N) is 1. The van der Waals surface area contributed by atoms with E-state index in [4.69, 9.17) is 5.73 Å². The average molecular weight is 330 g/mol. The molecule has 3 nitrogen and oxygen atoms in total. The molecule has 3 rings (SSSR count). The first-order chi connectivity index (χ1) is 9.69. The molecule has 2 aromatic carbocycles. The van der Waals surface area contributed by atoms with Crippen LogP contribution >= 0.6 is 15.9 Å². The number of nitrogens with zero attached hydrogens (tertiary/aromatic N) is 2. The van der Waals surface area contributed by atoms with E-state index in [0.29, 0.717) is 5.95 Å². The van der Waals surface area contributed by atoms with Crippen molar-refractivity contribution in [3.8, 4) is 5.69 Å². The van der Waals surface area contributed by atoms with Crippen molar-refractivity contribution < 1.29 is 0 Å². The Morgan fingerprint density at radius 1 is 1.15 bits per heavy atom. The fourth-order valence-electron chi connectivity index (χ4n) is 2.44. The van der Waals surface area contributed by atoms with Crippen LogP contribution in [0.2, 0.25) is 0 Å². The summed E-state index contributed by atoms with van der Waals surface area (Å²) in [4.78, 5) is 4.41. The maximum absolute atomic E-state index is 6.07. The first-order valence-corrected chi connectivity index (χ1v) is 7.51. The van der Waals surface area contributed by atoms with Crippen LogP contribution in [0, 0.1) is 0 Å². The van der Waals surface area contributed by atoms with Gasteiger partial charge in [0, 0.05) is 10.2 Å². The molecule has 0 spiro atoms. The van der Waals surface area contributed by atoms with E-state index in [1.165, 1.54) is 5.56 Å². The smallest absolute Gasteiger partial charge is 0.205 e. The van der Waals surface area contributed by atoms with E-state index in [2.05, 4.69) is 52.1 Å². The minimum atomic E-state index is 0.515. The molecular formula is C16H16BrN3. The molecule has 20 heavy (non-hydrogen) atoms. The van der Waals surface area contributed by atoms with Crippen LogP contribution < -0.4 is 5.73 Å². The molecule has 0 amide bonds. The fourth-order valence-corrected chi connectivity index (χ4v) is 2.79. The van der Waals surface area contributed by atoms with Crippen molar-refractivity contribution in [2.24, 2.45) is 0 Å². The summed E-state index contributed by atoms with van der Waals surface area (Å²) in [5.74, 6) is 0.515. The summed E-state index contributed by atoms with van der Waals surface area (Å²) in [6, 6.07) is 14.5. The lowest BCUT2D eigenvalue weighted by Crippen LogP contribution is -2.00. The van der Waals surface area contributed by atoms with Gasteiger partial charge in [-0.1, -0.05) is 41.4 Å². The lowest BCUT2D eigenvalue weighted by molar-refractivity contribution is 0.920. The summed E-state index contributed by atoms with van der Waals surface area (Å²) in [6.07, 6.45) is 2.26. The Kier molecular flexibility index (Phi) is 3.49. The zero-order chi connectivity index (χ0) is 14.1. The van der Waals surface area contributed by atoms with Crippen LogP contribution in [-0.4, -0.2) is 9.55 Å². The largest absolute Gasteiger partial charge is 0.369 e. The third-order valence-corrected chi connectivity index (χ3v) is 3.87. The number of benzene rings is 2. The van der Waals surface area contributed by atoms with Crippen LogP contribution in [0.3, 0.4) is 0 Å². The predicted molar refractivity (Wildman–Crippen MR) is 87.2 cm³/mol. The second-order valence-corrected chi connectivity index (χ2v) is 5.77. The molecule has 1 aromatic heterocycles. The van der Waals surface area contributed by atoms with Crippen LogP contribution in [0.25, 0.3) is 16.7 Å². The molecule has 0 unspecified atom stereocenters. The first-order valence-electron chi connectivity index (χ1n) is 6.72. The number of nitrogen functional groups attached to an aromatic ring is 1. The van der Waals surface area contributed by atoms with Gasteiger partial charge in [-0.3, -0.25) is 4.57 Å². The maximum Gasteiger partial charge on any atom is 0.205 e. The van der Waals surface area contributed by atoms with Crippen LogP contribution in [0.1, 0.15) is 18.9 Å². The van der Waals surface area contributed by atoms with E-state index < -0.39 is 0 Å². The van der Waals surface area contributed by atoms with E-state index in [-0.39, 0.29) is 0 Å². The number of imidazole rings is 1. The summed E-state index contributed by atoms with van der Waals surface area (Å²) in [5, 5.41) is 0. The van der Waals surface area contributed by atoms with Crippen molar-refractivity contribution in [3.05, 3.63) is 52.5 Å². The van der Waals surface area contributed by atoms with Crippen LogP contribution in [-0.2, 0) is 6.42 Å². The maximum atomic E-state index is 6.07. The van der Waals surface area contributed by atoms with Crippen molar-refractivity contribution in [1.82, 2.24) is 9.55 Å². The molecular weight excluding hydrogens is 314 g/mol. The summed E-state index contributed by atoms with van der Waals surface area (Å²) >= 11 is 3.50. The van der Waals surface area contributed by atoms with Crippen molar-refractivity contribution in [3.63, 3.8) is 0 Å². The Labute approximate surface area is 126 Å². The van der Waals surface area contributed by atoms with Crippen LogP contribution in [0.15, 0.2) is 46.9 Å². The lowest BCUT2D eigenvalue weighted by Gasteiger charge is -2.08. The molecule has 0 saturated carbocycles. The number of rotatable bonds is 3. The molecule has 1 heterocycles. The second kappa shape index (κ2) is 5.29. The van der Waals surface area contributed by atoms with Crippen molar-refractivity contribution >= 4 is 32.9 Å². The zero-order valence-corrected chi connectivity index (χ0v) is 12.9. The Morgan fingerprint density at radius 3 is 2.60 bits per heavy atom. The quantitative estimate of drug-likeness (QED) is 0.777. The van der Waals surface area contributed by atoms with Gasteiger partial charge in [0.1, 0.15) is 0 Å². The number of aryl methyl sites for hydroxylation is 1. The molecule has 4 heteroatoms. The Morgan fingerprint density at radius 2 is 1.90 bits per heavy atom. The van der Waals surface area contributed by atoms with E-state index in [1.807, 2.05) is 22.8 Å². The van der Waals surface area contributed by atoms with Crippen LogP contribution in [0.4, 0.5) is 5.95 Å². The molecule has 102 valence electrons. The average Bonchev–Trinajstić information content (AvgIpc) is 2.76.